The summed E-state index contributed by atoms with van der Waals surface area (Å²) in [5, 5.41) is 11.9. The molecule has 1 heterocycles. The molecule has 3 aromatic carbocycles. The lowest BCUT2D eigenvalue weighted by atomic mass is 10.1. The first-order valence-corrected chi connectivity index (χ1v) is 11.1. The zero-order chi connectivity index (χ0) is 23.9. The fourth-order valence-electron chi connectivity index (χ4n) is 3.56. The molecular weight excluding hydrogens is 430 g/mol. The van der Waals surface area contributed by atoms with Crippen LogP contribution in [0.5, 0.6) is 5.88 Å². The van der Waals surface area contributed by atoms with Gasteiger partial charge in [-0.25, -0.2) is 9.97 Å². The maximum Gasteiger partial charge on any atom is 0.303 e. The highest BCUT2D eigenvalue weighted by molar-refractivity contribution is 5.97. The second-order valence-corrected chi connectivity index (χ2v) is 7.90. The Morgan fingerprint density at radius 3 is 2.35 bits per heavy atom. The van der Waals surface area contributed by atoms with E-state index in [0.717, 1.165) is 11.1 Å². The van der Waals surface area contributed by atoms with E-state index in [2.05, 4.69) is 10.3 Å². The van der Waals surface area contributed by atoms with E-state index in [9.17, 15) is 9.59 Å². The maximum atomic E-state index is 12.9. The first kappa shape index (κ1) is 22.9. The molecule has 0 aliphatic carbocycles. The van der Waals surface area contributed by atoms with Gasteiger partial charge in [-0.1, -0.05) is 60.7 Å². The highest BCUT2D eigenvalue weighted by Crippen LogP contribution is 2.29. The molecule has 1 aromatic heterocycles. The Labute approximate surface area is 197 Å². The molecule has 172 valence electrons. The number of hydrogen-bond donors (Lipinski definition) is 2. The van der Waals surface area contributed by atoms with Crippen LogP contribution in [0.3, 0.4) is 0 Å². The molecule has 0 fully saturated rings. The summed E-state index contributed by atoms with van der Waals surface area (Å²) in [4.78, 5) is 33.1. The normalized spacial score (nSPS) is 11.7. The van der Waals surface area contributed by atoms with E-state index in [-0.39, 0.29) is 25.0 Å². The number of carboxylic acids is 1. The third kappa shape index (κ3) is 5.56. The second-order valence-electron chi connectivity index (χ2n) is 7.90. The van der Waals surface area contributed by atoms with Gasteiger partial charge in [-0.05, 0) is 37.1 Å². The molecule has 1 atom stereocenters. The number of fused-ring (bicyclic) bond motifs is 1. The molecule has 1 amide bonds. The summed E-state index contributed by atoms with van der Waals surface area (Å²) in [6, 6.07) is 24.3. The van der Waals surface area contributed by atoms with Crippen molar-refractivity contribution in [2.45, 2.75) is 25.8 Å². The summed E-state index contributed by atoms with van der Waals surface area (Å²) in [5.41, 5.74) is 4.04. The van der Waals surface area contributed by atoms with Gasteiger partial charge in [-0.3, -0.25) is 9.59 Å². The van der Waals surface area contributed by atoms with Gasteiger partial charge in [0.15, 0.2) is 0 Å². The number of carbonyl (C=O) groups excluding carboxylic acids is 1. The minimum atomic E-state index is -0.878. The molecule has 0 unspecified atom stereocenters. The summed E-state index contributed by atoms with van der Waals surface area (Å²) in [5.74, 6) is -0.785. The Bertz CT molecular complexity index is 1290. The Morgan fingerprint density at radius 1 is 0.941 bits per heavy atom. The topological polar surface area (TPSA) is 101 Å². The van der Waals surface area contributed by atoms with Crippen LogP contribution in [0.15, 0.2) is 78.9 Å². The van der Waals surface area contributed by atoms with E-state index >= 15 is 0 Å². The van der Waals surface area contributed by atoms with Gasteiger partial charge >= 0.3 is 5.97 Å². The lowest BCUT2D eigenvalue weighted by molar-refractivity contribution is -0.137. The van der Waals surface area contributed by atoms with Gasteiger partial charge in [-0.2, -0.15) is 0 Å². The highest BCUT2D eigenvalue weighted by atomic mass is 16.5. The molecule has 4 rings (SSSR count). The predicted octanol–water partition coefficient (Wildman–Crippen LogP) is 5.03. The molecule has 0 radical (unpaired) electrons. The van der Waals surface area contributed by atoms with Crippen molar-refractivity contribution in [3.63, 3.8) is 0 Å². The molecule has 0 saturated heterocycles. The van der Waals surface area contributed by atoms with Gasteiger partial charge in [0.05, 0.1) is 23.7 Å². The lowest BCUT2D eigenvalue weighted by Crippen LogP contribution is -2.26. The standard InChI is InChI=1S/C27H25N3O4/c1-18(19-9-4-2-5-10-19)28-26(33)21-14-15-22-23(17-21)30-27(34-16-8-13-24(31)32)25(29-22)20-11-6-3-7-12-20/h2-7,9-12,14-15,17-18H,8,13,16H2,1H3,(H,28,33)(H,31,32)/t18-/m0/s1. The fraction of sp³-hybridized carbons (Fsp3) is 0.185. The Hall–Kier alpha value is -4.26. The van der Waals surface area contributed by atoms with Crippen molar-refractivity contribution in [1.29, 1.82) is 0 Å². The number of aliphatic carboxylic acids is 1. The summed E-state index contributed by atoms with van der Waals surface area (Å²) in [6.45, 7) is 2.13. The summed E-state index contributed by atoms with van der Waals surface area (Å²) in [6.07, 6.45) is 0.356. The number of ether oxygens (including phenoxy) is 1. The third-order valence-corrected chi connectivity index (χ3v) is 5.36. The fourth-order valence-corrected chi connectivity index (χ4v) is 3.56. The van der Waals surface area contributed by atoms with Crippen LogP contribution in [0, 0.1) is 0 Å². The number of aromatic nitrogens is 2. The van der Waals surface area contributed by atoms with Gasteiger partial charge in [0, 0.05) is 17.5 Å². The van der Waals surface area contributed by atoms with Crippen molar-refractivity contribution in [2.75, 3.05) is 6.61 Å². The SMILES string of the molecule is C[C@H](NC(=O)c1ccc2nc(-c3ccccc3)c(OCCCC(=O)O)nc2c1)c1ccccc1. The highest BCUT2D eigenvalue weighted by Gasteiger charge is 2.16. The molecule has 4 aromatic rings. The number of nitrogens with one attached hydrogen (secondary N) is 1. The number of nitrogens with zero attached hydrogens (tertiary/aromatic N) is 2. The number of benzene rings is 3. The van der Waals surface area contributed by atoms with Crippen molar-refractivity contribution in [3.05, 3.63) is 90.0 Å². The van der Waals surface area contributed by atoms with Gasteiger partial charge in [0.2, 0.25) is 5.88 Å². The van der Waals surface area contributed by atoms with Gasteiger partial charge < -0.3 is 15.2 Å². The predicted molar refractivity (Wildman–Crippen MR) is 130 cm³/mol. The minimum Gasteiger partial charge on any atom is -0.481 e. The monoisotopic (exact) mass is 455 g/mol. The average molecular weight is 456 g/mol. The summed E-state index contributed by atoms with van der Waals surface area (Å²) >= 11 is 0. The van der Waals surface area contributed by atoms with E-state index in [4.69, 9.17) is 14.8 Å². The van der Waals surface area contributed by atoms with Crippen LogP contribution in [0.25, 0.3) is 22.3 Å². The quantitative estimate of drug-likeness (QED) is 0.343. The Morgan fingerprint density at radius 2 is 1.65 bits per heavy atom. The Balaban J connectivity index is 1.62. The molecule has 0 bridgehead atoms. The zero-order valence-corrected chi connectivity index (χ0v) is 18.8. The van der Waals surface area contributed by atoms with E-state index in [0.29, 0.717) is 34.6 Å². The molecule has 7 heteroatoms. The summed E-state index contributed by atoms with van der Waals surface area (Å²) < 4.78 is 5.84. The van der Waals surface area contributed by atoms with Crippen molar-refractivity contribution in [2.24, 2.45) is 0 Å². The molecule has 0 aliphatic heterocycles. The van der Waals surface area contributed by atoms with Crippen LogP contribution >= 0.6 is 0 Å². The molecular formula is C27H25N3O4. The van der Waals surface area contributed by atoms with Crippen LogP contribution < -0.4 is 10.1 Å². The van der Waals surface area contributed by atoms with E-state index in [1.165, 1.54) is 0 Å². The molecule has 0 aliphatic rings. The molecule has 0 spiro atoms. The van der Waals surface area contributed by atoms with Crippen LogP contribution in [0.1, 0.15) is 41.7 Å². The van der Waals surface area contributed by atoms with E-state index < -0.39 is 5.97 Å². The van der Waals surface area contributed by atoms with Gasteiger partial charge in [0.1, 0.15) is 5.69 Å². The van der Waals surface area contributed by atoms with Crippen molar-refractivity contribution in [3.8, 4) is 17.1 Å². The van der Waals surface area contributed by atoms with E-state index in [1.807, 2.05) is 67.6 Å². The van der Waals surface area contributed by atoms with Crippen LogP contribution in [-0.2, 0) is 4.79 Å². The maximum absolute atomic E-state index is 12.9. The van der Waals surface area contributed by atoms with Crippen molar-refractivity contribution < 1.29 is 19.4 Å². The average Bonchev–Trinajstić information content (AvgIpc) is 2.86. The smallest absolute Gasteiger partial charge is 0.303 e. The third-order valence-electron chi connectivity index (χ3n) is 5.36. The van der Waals surface area contributed by atoms with Crippen molar-refractivity contribution >= 4 is 22.9 Å². The Kier molecular flexibility index (Phi) is 7.13. The lowest BCUT2D eigenvalue weighted by Gasteiger charge is -2.15. The van der Waals surface area contributed by atoms with Gasteiger partial charge in [-0.15, -0.1) is 0 Å². The molecule has 34 heavy (non-hydrogen) atoms. The molecule has 2 N–H and O–H groups in total. The largest absolute Gasteiger partial charge is 0.481 e. The molecule has 0 saturated carbocycles. The molecule has 7 nitrogen and oxygen atoms in total. The first-order chi connectivity index (χ1) is 16.5. The van der Waals surface area contributed by atoms with Crippen LogP contribution in [-0.4, -0.2) is 33.6 Å². The second kappa shape index (κ2) is 10.6. The zero-order valence-electron chi connectivity index (χ0n) is 18.8. The number of amides is 1. The number of carbonyl (C=O) groups is 2. The number of carboxylic acid groups (broad SMARTS) is 1. The number of hydrogen-bond acceptors (Lipinski definition) is 5. The van der Waals surface area contributed by atoms with Crippen LogP contribution in [0.4, 0.5) is 0 Å². The van der Waals surface area contributed by atoms with Crippen molar-refractivity contribution in [1.82, 2.24) is 15.3 Å². The minimum absolute atomic E-state index is 0.00555. The van der Waals surface area contributed by atoms with E-state index in [1.54, 1.807) is 18.2 Å². The first-order valence-electron chi connectivity index (χ1n) is 11.1. The van der Waals surface area contributed by atoms with Gasteiger partial charge in [0.25, 0.3) is 5.91 Å². The number of rotatable bonds is 9. The van der Waals surface area contributed by atoms with Crippen LogP contribution in [0.2, 0.25) is 0 Å². The summed E-state index contributed by atoms with van der Waals surface area (Å²) in [7, 11) is 0.